The largest absolute Gasteiger partial charge is 0.351 e. The number of halogens is 2. The Labute approximate surface area is 108 Å². The number of piperidine rings is 1. The first-order valence-corrected chi connectivity index (χ1v) is 5.97. The Morgan fingerprint density at radius 3 is 2.41 bits per heavy atom. The first-order valence-electron chi connectivity index (χ1n) is 5.22. The van der Waals surface area contributed by atoms with Gasteiger partial charge in [0.15, 0.2) is 0 Å². The van der Waals surface area contributed by atoms with Crippen LogP contribution >= 0.6 is 23.2 Å². The molecular weight excluding hydrogens is 267 g/mol. The van der Waals surface area contributed by atoms with Gasteiger partial charge in [0.05, 0.1) is 4.92 Å². The molecule has 1 fully saturated rings. The zero-order valence-corrected chi connectivity index (χ0v) is 10.4. The summed E-state index contributed by atoms with van der Waals surface area (Å²) in [7, 11) is 0. The van der Waals surface area contributed by atoms with Crippen molar-refractivity contribution in [3.63, 3.8) is 0 Å². The Morgan fingerprint density at radius 2 is 1.82 bits per heavy atom. The molecule has 0 radical (unpaired) electrons. The molecule has 1 saturated heterocycles. The van der Waals surface area contributed by atoms with Crippen LogP contribution < -0.4 is 4.90 Å². The fourth-order valence-corrected chi connectivity index (χ4v) is 2.32. The summed E-state index contributed by atoms with van der Waals surface area (Å²) in [5.74, 6) is 0.222. The molecule has 1 aliphatic heterocycles. The number of aromatic nitrogens is 2. The Bertz CT molecular complexity index is 449. The molecule has 0 N–H and O–H groups in total. The molecule has 0 aromatic carbocycles. The van der Waals surface area contributed by atoms with Crippen LogP contribution in [-0.4, -0.2) is 28.0 Å². The Morgan fingerprint density at radius 1 is 1.18 bits per heavy atom. The number of nitrogens with zero attached hydrogens (tertiary/aromatic N) is 4. The molecule has 0 atom stereocenters. The van der Waals surface area contributed by atoms with E-state index in [1.54, 1.807) is 0 Å². The maximum absolute atomic E-state index is 11.0. The Hall–Kier alpha value is -1.14. The molecule has 0 aliphatic carbocycles. The molecule has 2 heterocycles. The van der Waals surface area contributed by atoms with Crippen LogP contribution in [0.25, 0.3) is 0 Å². The fourth-order valence-electron chi connectivity index (χ4n) is 1.87. The maximum Gasteiger partial charge on any atom is 0.348 e. The van der Waals surface area contributed by atoms with E-state index in [0.29, 0.717) is 0 Å². The zero-order valence-electron chi connectivity index (χ0n) is 8.90. The molecule has 92 valence electrons. The van der Waals surface area contributed by atoms with Gasteiger partial charge in [0, 0.05) is 13.1 Å². The van der Waals surface area contributed by atoms with E-state index in [-0.39, 0.29) is 21.9 Å². The van der Waals surface area contributed by atoms with E-state index in [0.717, 1.165) is 32.4 Å². The van der Waals surface area contributed by atoms with Crippen molar-refractivity contribution in [1.82, 2.24) is 9.97 Å². The fraction of sp³-hybridized carbons (Fsp3) is 0.556. The summed E-state index contributed by atoms with van der Waals surface area (Å²) in [6, 6.07) is 0. The summed E-state index contributed by atoms with van der Waals surface area (Å²) in [6.07, 6.45) is 3.09. The summed E-state index contributed by atoms with van der Waals surface area (Å²) in [6.45, 7) is 1.45. The summed E-state index contributed by atoms with van der Waals surface area (Å²) in [5, 5.41) is 10.7. The quantitative estimate of drug-likeness (QED) is 0.359. The van der Waals surface area contributed by atoms with Gasteiger partial charge in [-0.1, -0.05) is 11.6 Å². The Balaban J connectivity index is 2.46. The van der Waals surface area contributed by atoms with E-state index in [9.17, 15) is 10.1 Å². The minimum absolute atomic E-state index is 0.0684. The van der Waals surface area contributed by atoms with Crippen molar-refractivity contribution in [2.75, 3.05) is 18.0 Å². The predicted octanol–water partition coefficient (Wildman–Crippen LogP) is 2.68. The summed E-state index contributed by atoms with van der Waals surface area (Å²) < 4.78 is 0. The van der Waals surface area contributed by atoms with Gasteiger partial charge in [0.1, 0.15) is 0 Å². The molecule has 2 rings (SSSR count). The summed E-state index contributed by atoms with van der Waals surface area (Å²) in [5.41, 5.74) is -0.266. The lowest BCUT2D eigenvalue weighted by Crippen LogP contribution is -2.31. The lowest BCUT2D eigenvalue weighted by atomic mass is 10.1. The van der Waals surface area contributed by atoms with E-state index in [4.69, 9.17) is 23.2 Å². The number of anilines is 1. The zero-order chi connectivity index (χ0) is 12.4. The van der Waals surface area contributed by atoms with E-state index in [1.807, 2.05) is 4.90 Å². The van der Waals surface area contributed by atoms with Gasteiger partial charge in [-0.2, -0.15) is 9.97 Å². The van der Waals surface area contributed by atoms with Crippen LogP contribution in [0, 0.1) is 10.1 Å². The SMILES string of the molecule is O=[N+]([O-])c1c(Cl)nc(Cl)nc1N1CCCCC1. The van der Waals surface area contributed by atoms with Crippen LogP contribution in [0.5, 0.6) is 0 Å². The van der Waals surface area contributed by atoms with Crippen LogP contribution in [0.3, 0.4) is 0 Å². The van der Waals surface area contributed by atoms with Crippen molar-refractivity contribution in [2.45, 2.75) is 19.3 Å². The van der Waals surface area contributed by atoms with Gasteiger partial charge < -0.3 is 4.90 Å². The van der Waals surface area contributed by atoms with Crippen LogP contribution in [0.4, 0.5) is 11.5 Å². The topological polar surface area (TPSA) is 72.2 Å². The molecule has 0 spiro atoms. The first-order chi connectivity index (χ1) is 8.09. The van der Waals surface area contributed by atoms with Crippen molar-refractivity contribution in [2.24, 2.45) is 0 Å². The highest BCUT2D eigenvalue weighted by Crippen LogP contribution is 2.34. The lowest BCUT2D eigenvalue weighted by Gasteiger charge is -2.27. The second-order valence-corrected chi connectivity index (χ2v) is 4.46. The molecule has 1 aliphatic rings. The maximum atomic E-state index is 11.0. The smallest absolute Gasteiger partial charge is 0.348 e. The standard InChI is InChI=1S/C9H10Cl2N4O2/c10-7-6(15(16)17)8(13-9(11)12-7)14-4-2-1-3-5-14/h1-5H2. The van der Waals surface area contributed by atoms with Crippen molar-refractivity contribution in [3.8, 4) is 0 Å². The van der Waals surface area contributed by atoms with E-state index in [2.05, 4.69) is 9.97 Å². The normalized spacial score (nSPS) is 16.0. The highest BCUT2D eigenvalue weighted by molar-refractivity contribution is 6.33. The highest BCUT2D eigenvalue weighted by atomic mass is 35.5. The molecule has 0 saturated carbocycles. The molecule has 0 unspecified atom stereocenters. The third kappa shape index (κ3) is 2.58. The lowest BCUT2D eigenvalue weighted by molar-refractivity contribution is -0.384. The van der Waals surface area contributed by atoms with Gasteiger partial charge in [-0.05, 0) is 30.9 Å². The third-order valence-corrected chi connectivity index (χ3v) is 3.07. The average molecular weight is 277 g/mol. The van der Waals surface area contributed by atoms with Gasteiger partial charge in [0.2, 0.25) is 16.3 Å². The van der Waals surface area contributed by atoms with E-state index in [1.165, 1.54) is 0 Å². The van der Waals surface area contributed by atoms with Gasteiger partial charge in [-0.3, -0.25) is 10.1 Å². The second-order valence-electron chi connectivity index (χ2n) is 3.76. The molecule has 1 aromatic heterocycles. The number of hydrogen-bond acceptors (Lipinski definition) is 5. The monoisotopic (exact) mass is 276 g/mol. The van der Waals surface area contributed by atoms with Crippen LogP contribution in [0.1, 0.15) is 19.3 Å². The molecule has 0 amide bonds. The van der Waals surface area contributed by atoms with Crippen molar-refractivity contribution >= 4 is 34.7 Å². The number of hydrogen-bond donors (Lipinski definition) is 0. The van der Waals surface area contributed by atoms with E-state index < -0.39 is 4.92 Å². The number of nitro groups is 1. The van der Waals surface area contributed by atoms with Gasteiger partial charge >= 0.3 is 5.69 Å². The summed E-state index contributed by atoms with van der Waals surface area (Å²) >= 11 is 11.4. The van der Waals surface area contributed by atoms with Gasteiger partial charge in [-0.15, -0.1) is 0 Å². The third-order valence-electron chi connectivity index (χ3n) is 2.63. The van der Waals surface area contributed by atoms with E-state index >= 15 is 0 Å². The van der Waals surface area contributed by atoms with Gasteiger partial charge in [-0.25, -0.2) is 0 Å². The van der Waals surface area contributed by atoms with Crippen LogP contribution in [0.2, 0.25) is 10.4 Å². The first kappa shape index (κ1) is 12.3. The minimum atomic E-state index is -0.567. The van der Waals surface area contributed by atoms with Crippen molar-refractivity contribution < 1.29 is 4.92 Å². The predicted molar refractivity (Wildman–Crippen MR) is 64.8 cm³/mol. The van der Waals surface area contributed by atoms with Crippen LogP contribution in [-0.2, 0) is 0 Å². The number of rotatable bonds is 2. The van der Waals surface area contributed by atoms with Crippen LogP contribution in [0.15, 0.2) is 0 Å². The average Bonchev–Trinajstić information content (AvgIpc) is 2.28. The Kier molecular flexibility index (Phi) is 3.63. The molecular formula is C9H10Cl2N4O2. The molecule has 6 nitrogen and oxygen atoms in total. The van der Waals surface area contributed by atoms with Crippen molar-refractivity contribution in [3.05, 3.63) is 20.6 Å². The van der Waals surface area contributed by atoms with Gasteiger partial charge in [0.25, 0.3) is 0 Å². The highest BCUT2D eigenvalue weighted by Gasteiger charge is 2.28. The molecule has 1 aromatic rings. The second kappa shape index (κ2) is 5.01. The molecule has 8 heteroatoms. The van der Waals surface area contributed by atoms with Crippen molar-refractivity contribution in [1.29, 1.82) is 0 Å². The summed E-state index contributed by atoms with van der Waals surface area (Å²) in [4.78, 5) is 19.8. The molecule has 17 heavy (non-hydrogen) atoms. The minimum Gasteiger partial charge on any atom is -0.351 e. The molecule has 0 bridgehead atoms.